The molecule has 1 aromatic heterocycles. The maximum absolute atomic E-state index is 11.4. The average Bonchev–Trinajstić information content (AvgIpc) is 2.57. The van der Waals surface area contributed by atoms with E-state index in [0.717, 1.165) is 10.9 Å². The number of aromatic nitrogens is 1. The number of H-pyrrole nitrogens is 1. The van der Waals surface area contributed by atoms with Crippen LogP contribution in [0.5, 0.6) is 0 Å². The molecule has 0 aliphatic rings. The molecule has 2 aromatic rings. The van der Waals surface area contributed by atoms with Gasteiger partial charge in [0.05, 0.1) is 5.69 Å². The molecule has 0 unspecified atom stereocenters. The van der Waals surface area contributed by atoms with Crippen molar-refractivity contribution in [3.63, 3.8) is 0 Å². The van der Waals surface area contributed by atoms with Crippen LogP contribution in [0.15, 0.2) is 24.3 Å². The molecular weight excluding hydrogens is 204 g/mol. The lowest BCUT2D eigenvalue weighted by molar-refractivity contribution is -0.114. The van der Waals surface area contributed by atoms with Crippen molar-refractivity contribution >= 4 is 28.3 Å². The zero-order chi connectivity index (χ0) is 11.7. The second kappa shape index (κ2) is 3.81. The number of fused-ring (bicyclic) bond motifs is 1. The van der Waals surface area contributed by atoms with Gasteiger partial charge in [-0.3, -0.25) is 9.59 Å². The standard InChI is InChI=1S/C12H12N2O2/c1-7(15)11-12(13-8(2)16)9-5-3-4-6-10(9)14-11/h3-6,14H,1-2H3,(H,13,16). The van der Waals surface area contributed by atoms with Crippen molar-refractivity contribution in [1.29, 1.82) is 0 Å². The summed E-state index contributed by atoms with van der Waals surface area (Å²) in [4.78, 5) is 25.5. The van der Waals surface area contributed by atoms with Gasteiger partial charge < -0.3 is 10.3 Å². The summed E-state index contributed by atoms with van der Waals surface area (Å²) in [6.07, 6.45) is 0. The number of Topliss-reactive ketones (excluding diaryl/α,β-unsaturated/α-hetero) is 1. The van der Waals surface area contributed by atoms with E-state index in [1.807, 2.05) is 24.3 Å². The van der Waals surface area contributed by atoms with E-state index in [-0.39, 0.29) is 11.7 Å². The second-order valence-corrected chi connectivity index (χ2v) is 3.66. The number of carbonyl (C=O) groups is 2. The summed E-state index contributed by atoms with van der Waals surface area (Å²) in [6, 6.07) is 7.47. The Balaban J connectivity index is 2.69. The first-order chi connectivity index (χ1) is 7.59. The SMILES string of the molecule is CC(=O)Nc1c(C(C)=O)[nH]c2ccccc12. The zero-order valence-corrected chi connectivity index (χ0v) is 9.13. The van der Waals surface area contributed by atoms with E-state index >= 15 is 0 Å². The Kier molecular flexibility index (Phi) is 2.48. The molecule has 1 aromatic carbocycles. The lowest BCUT2D eigenvalue weighted by Gasteiger charge is -2.01. The van der Waals surface area contributed by atoms with Gasteiger partial charge in [-0.25, -0.2) is 0 Å². The van der Waals surface area contributed by atoms with Crippen molar-refractivity contribution in [2.75, 3.05) is 5.32 Å². The Labute approximate surface area is 92.7 Å². The van der Waals surface area contributed by atoms with Crippen LogP contribution in [0.25, 0.3) is 10.9 Å². The van der Waals surface area contributed by atoms with Crippen molar-refractivity contribution < 1.29 is 9.59 Å². The number of hydrogen-bond donors (Lipinski definition) is 2. The van der Waals surface area contributed by atoms with E-state index in [2.05, 4.69) is 10.3 Å². The van der Waals surface area contributed by atoms with E-state index in [9.17, 15) is 9.59 Å². The van der Waals surface area contributed by atoms with Crippen molar-refractivity contribution in [3.05, 3.63) is 30.0 Å². The van der Waals surface area contributed by atoms with E-state index in [0.29, 0.717) is 11.4 Å². The number of carbonyl (C=O) groups excluding carboxylic acids is 2. The molecule has 16 heavy (non-hydrogen) atoms. The quantitative estimate of drug-likeness (QED) is 0.757. The van der Waals surface area contributed by atoms with Gasteiger partial charge in [-0.05, 0) is 6.07 Å². The van der Waals surface area contributed by atoms with Crippen LogP contribution in [0.1, 0.15) is 24.3 Å². The highest BCUT2D eigenvalue weighted by molar-refractivity contribution is 6.11. The third-order valence-electron chi connectivity index (χ3n) is 2.36. The minimum absolute atomic E-state index is 0.0973. The van der Waals surface area contributed by atoms with Crippen LogP contribution >= 0.6 is 0 Å². The molecule has 1 heterocycles. The largest absolute Gasteiger partial charge is 0.350 e. The number of nitrogens with one attached hydrogen (secondary N) is 2. The lowest BCUT2D eigenvalue weighted by Crippen LogP contribution is -2.08. The Morgan fingerprint density at radius 2 is 1.88 bits per heavy atom. The highest BCUT2D eigenvalue weighted by Crippen LogP contribution is 2.27. The Morgan fingerprint density at radius 3 is 2.50 bits per heavy atom. The van der Waals surface area contributed by atoms with Gasteiger partial charge in [0, 0.05) is 24.8 Å². The summed E-state index contributed by atoms with van der Waals surface area (Å²) < 4.78 is 0. The number of aromatic amines is 1. The highest BCUT2D eigenvalue weighted by atomic mass is 16.1. The molecule has 0 saturated heterocycles. The maximum Gasteiger partial charge on any atom is 0.221 e. The number of para-hydroxylation sites is 1. The molecular formula is C12H12N2O2. The molecule has 0 bridgehead atoms. The van der Waals surface area contributed by atoms with E-state index in [1.165, 1.54) is 13.8 Å². The van der Waals surface area contributed by atoms with Crippen molar-refractivity contribution in [2.45, 2.75) is 13.8 Å². The predicted octanol–water partition coefficient (Wildman–Crippen LogP) is 2.33. The summed E-state index contributed by atoms with van der Waals surface area (Å²) in [5.74, 6) is -0.285. The van der Waals surface area contributed by atoms with E-state index in [1.54, 1.807) is 0 Å². The molecule has 0 aliphatic carbocycles. The molecule has 1 amide bonds. The normalized spacial score (nSPS) is 10.4. The van der Waals surface area contributed by atoms with Crippen molar-refractivity contribution in [2.24, 2.45) is 0 Å². The highest BCUT2D eigenvalue weighted by Gasteiger charge is 2.14. The Hall–Kier alpha value is -2.10. The minimum atomic E-state index is -0.188. The number of ketones is 1. The van der Waals surface area contributed by atoms with Crippen molar-refractivity contribution in [3.8, 4) is 0 Å². The van der Waals surface area contributed by atoms with Crippen LogP contribution in [0.3, 0.4) is 0 Å². The molecule has 0 saturated carbocycles. The van der Waals surface area contributed by atoms with Gasteiger partial charge >= 0.3 is 0 Å². The summed E-state index contributed by atoms with van der Waals surface area (Å²) in [6.45, 7) is 2.89. The maximum atomic E-state index is 11.4. The molecule has 4 nitrogen and oxygen atoms in total. The smallest absolute Gasteiger partial charge is 0.221 e. The molecule has 2 N–H and O–H groups in total. The number of rotatable bonds is 2. The second-order valence-electron chi connectivity index (χ2n) is 3.66. The van der Waals surface area contributed by atoms with E-state index in [4.69, 9.17) is 0 Å². The van der Waals surface area contributed by atoms with Gasteiger partial charge in [-0.15, -0.1) is 0 Å². The fraction of sp³-hybridized carbons (Fsp3) is 0.167. The van der Waals surface area contributed by atoms with Crippen LogP contribution in [0.4, 0.5) is 5.69 Å². The van der Waals surface area contributed by atoms with Crippen LogP contribution in [0.2, 0.25) is 0 Å². The first kappa shape index (κ1) is 10.4. The topological polar surface area (TPSA) is 62.0 Å². The van der Waals surface area contributed by atoms with Gasteiger partial charge in [-0.1, -0.05) is 18.2 Å². The summed E-state index contributed by atoms with van der Waals surface area (Å²) in [5, 5.41) is 3.54. The molecule has 4 heteroatoms. The molecule has 0 aliphatic heterocycles. The van der Waals surface area contributed by atoms with Crippen LogP contribution in [-0.4, -0.2) is 16.7 Å². The van der Waals surface area contributed by atoms with E-state index < -0.39 is 0 Å². The third kappa shape index (κ3) is 1.69. The molecule has 0 atom stereocenters. The Morgan fingerprint density at radius 1 is 1.19 bits per heavy atom. The predicted molar refractivity (Wildman–Crippen MR) is 62.6 cm³/mol. The fourth-order valence-electron chi connectivity index (χ4n) is 1.71. The average molecular weight is 216 g/mol. The minimum Gasteiger partial charge on any atom is -0.350 e. The van der Waals surface area contributed by atoms with Gasteiger partial charge in [0.15, 0.2) is 5.78 Å². The Bertz CT molecular complexity index is 569. The van der Waals surface area contributed by atoms with Gasteiger partial charge in [0.1, 0.15) is 5.69 Å². The van der Waals surface area contributed by atoms with Crippen molar-refractivity contribution in [1.82, 2.24) is 4.98 Å². The molecule has 82 valence electrons. The van der Waals surface area contributed by atoms with Gasteiger partial charge in [-0.2, -0.15) is 0 Å². The number of benzene rings is 1. The lowest BCUT2D eigenvalue weighted by atomic mass is 10.2. The third-order valence-corrected chi connectivity index (χ3v) is 2.36. The number of hydrogen-bond acceptors (Lipinski definition) is 2. The van der Waals surface area contributed by atoms with Gasteiger partial charge in [0.2, 0.25) is 5.91 Å². The summed E-state index contributed by atoms with van der Waals surface area (Å²) >= 11 is 0. The fourth-order valence-corrected chi connectivity index (χ4v) is 1.71. The number of amides is 1. The summed E-state index contributed by atoms with van der Waals surface area (Å²) in [7, 11) is 0. The zero-order valence-electron chi connectivity index (χ0n) is 9.13. The van der Waals surface area contributed by atoms with Crippen LogP contribution in [0, 0.1) is 0 Å². The molecule has 0 fully saturated rings. The van der Waals surface area contributed by atoms with Crippen LogP contribution in [-0.2, 0) is 4.79 Å². The molecule has 2 rings (SSSR count). The molecule has 0 radical (unpaired) electrons. The number of anilines is 1. The van der Waals surface area contributed by atoms with Gasteiger partial charge in [0.25, 0.3) is 0 Å². The summed E-state index contributed by atoms with van der Waals surface area (Å²) in [5.41, 5.74) is 1.85. The molecule has 0 spiro atoms. The van der Waals surface area contributed by atoms with Crippen LogP contribution < -0.4 is 5.32 Å². The first-order valence-electron chi connectivity index (χ1n) is 4.99. The first-order valence-corrected chi connectivity index (χ1v) is 4.99. The monoisotopic (exact) mass is 216 g/mol.